The van der Waals surface area contributed by atoms with E-state index in [1.54, 1.807) is 19.1 Å². The lowest BCUT2D eigenvalue weighted by Gasteiger charge is -2.24. The first-order valence-electron chi connectivity index (χ1n) is 7.27. The standard InChI is InChI=1S/C16H15ClN2O6S/c1-11-3-6-13(7-4-11)26(23,24)18(10-16(20)25-2)15-9-12(19(21)22)5-8-14(15)17/h3-9H,10H2,1-2H3. The largest absolute Gasteiger partial charge is 0.468 e. The molecule has 0 aliphatic heterocycles. The maximum atomic E-state index is 13.0. The Hall–Kier alpha value is -2.65. The molecule has 26 heavy (non-hydrogen) atoms. The molecule has 8 nitrogen and oxygen atoms in total. The summed E-state index contributed by atoms with van der Waals surface area (Å²) in [4.78, 5) is 22.0. The predicted molar refractivity (Wildman–Crippen MR) is 95.8 cm³/mol. The van der Waals surface area contributed by atoms with Crippen molar-refractivity contribution in [3.63, 3.8) is 0 Å². The molecule has 2 aromatic rings. The fourth-order valence-corrected chi connectivity index (χ4v) is 3.81. The SMILES string of the molecule is COC(=O)CN(c1cc([N+](=O)[O-])ccc1Cl)S(=O)(=O)c1ccc(C)cc1. The summed E-state index contributed by atoms with van der Waals surface area (Å²) in [7, 11) is -3.11. The van der Waals surface area contributed by atoms with E-state index < -0.39 is 27.5 Å². The number of aryl methyl sites for hydroxylation is 1. The molecule has 0 atom stereocenters. The number of nitro groups is 1. The molecule has 2 aromatic carbocycles. The van der Waals surface area contributed by atoms with Crippen molar-refractivity contribution in [3.05, 3.63) is 63.2 Å². The van der Waals surface area contributed by atoms with E-state index in [9.17, 15) is 23.3 Å². The van der Waals surface area contributed by atoms with Crippen LogP contribution < -0.4 is 4.31 Å². The van der Waals surface area contributed by atoms with Crippen LogP contribution in [0.3, 0.4) is 0 Å². The highest BCUT2D eigenvalue weighted by atomic mass is 35.5. The summed E-state index contributed by atoms with van der Waals surface area (Å²) in [6.07, 6.45) is 0. The zero-order valence-corrected chi connectivity index (χ0v) is 15.5. The summed E-state index contributed by atoms with van der Waals surface area (Å²) >= 11 is 6.06. The first kappa shape index (κ1) is 19.7. The van der Waals surface area contributed by atoms with Crippen LogP contribution in [0.1, 0.15) is 5.56 Å². The summed E-state index contributed by atoms with van der Waals surface area (Å²) in [5.41, 5.74) is 0.294. The number of nitro benzene ring substituents is 1. The number of anilines is 1. The van der Waals surface area contributed by atoms with Crippen molar-refractivity contribution in [2.24, 2.45) is 0 Å². The van der Waals surface area contributed by atoms with Crippen molar-refractivity contribution in [1.82, 2.24) is 0 Å². The number of carbonyl (C=O) groups is 1. The van der Waals surface area contributed by atoms with Crippen LogP contribution in [0.4, 0.5) is 11.4 Å². The third kappa shape index (κ3) is 4.12. The molecule has 0 amide bonds. The number of carbonyl (C=O) groups excluding carboxylic acids is 1. The van der Waals surface area contributed by atoms with Gasteiger partial charge in [-0.05, 0) is 25.1 Å². The molecule has 0 saturated carbocycles. The van der Waals surface area contributed by atoms with Crippen LogP contribution in [0.15, 0.2) is 47.4 Å². The highest BCUT2D eigenvalue weighted by Crippen LogP contribution is 2.33. The van der Waals surface area contributed by atoms with Crippen LogP contribution in [0.5, 0.6) is 0 Å². The molecule has 0 aliphatic rings. The molecule has 0 spiro atoms. The van der Waals surface area contributed by atoms with Gasteiger partial charge in [0.25, 0.3) is 15.7 Å². The molecule has 0 fully saturated rings. The average molecular weight is 399 g/mol. The molecule has 0 heterocycles. The molecular weight excluding hydrogens is 384 g/mol. The fraction of sp³-hybridized carbons (Fsp3) is 0.188. The molecule has 0 unspecified atom stereocenters. The van der Waals surface area contributed by atoms with Gasteiger partial charge in [0.2, 0.25) is 0 Å². The highest BCUT2D eigenvalue weighted by molar-refractivity contribution is 7.92. The molecule has 0 saturated heterocycles. The van der Waals surface area contributed by atoms with Crippen molar-refractivity contribution in [1.29, 1.82) is 0 Å². The molecular formula is C16H15ClN2O6S. The van der Waals surface area contributed by atoms with Gasteiger partial charge in [-0.25, -0.2) is 8.42 Å². The fourth-order valence-electron chi connectivity index (χ4n) is 2.12. The van der Waals surface area contributed by atoms with Crippen molar-refractivity contribution in [2.75, 3.05) is 18.0 Å². The summed E-state index contributed by atoms with van der Waals surface area (Å²) in [5, 5.41) is 11.0. The van der Waals surface area contributed by atoms with E-state index in [-0.39, 0.29) is 21.3 Å². The number of rotatable bonds is 6. The number of esters is 1. The van der Waals surface area contributed by atoms with E-state index in [1.807, 2.05) is 0 Å². The van der Waals surface area contributed by atoms with Crippen LogP contribution in [0, 0.1) is 17.0 Å². The van der Waals surface area contributed by atoms with E-state index >= 15 is 0 Å². The Morgan fingerprint density at radius 2 is 1.85 bits per heavy atom. The minimum atomic E-state index is -4.22. The van der Waals surface area contributed by atoms with E-state index in [0.29, 0.717) is 4.31 Å². The third-order valence-corrected chi connectivity index (χ3v) is 5.61. The molecule has 0 aromatic heterocycles. The van der Waals surface area contributed by atoms with Gasteiger partial charge in [-0.2, -0.15) is 0 Å². The Bertz CT molecular complexity index is 944. The van der Waals surface area contributed by atoms with Gasteiger partial charge in [-0.15, -0.1) is 0 Å². The lowest BCUT2D eigenvalue weighted by atomic mass is 10.2. The number of benzene rings is 2. The van der Waals surface area contributed by atoms with Gasteiger partial charge in [-0.1, -0.05) is 29.3 Å². The molecule has 0 bridgehead atoms. The second-order valence-electron chi connectivity index (χ2n) is 5.29. The second-order valence-corrected chi connectivity index (χ2v) is 7.56. The maximum absolute atomic E-state index is 13.0. The topological polar surface area (TPSA) is 107 Å². The summed E-state index contributed by atoms with van der Waals surface area (Å²) < 4.78 is 31.3. The van der Waals surface area contributed by atoms with Crippen LogP contribution in [0.25, 0.3) is 0 Å². The second kappa shape index (κ2) is 7.71. The van der Waals surface area contributed by atoms with Crippen LogP contribution in [0.2, 0.25) is 5.02 Å². The van der Waals surface area contributed by atoms with Crippen LogP contribution >= 0.6 is 11.6 Å². The van der Waals surface area contributed by atoms with Gasteiger partial charge < -0.3 is 4.74 Å². The number of methoxy groups -OCH3 is 1. The number of nitrogens with zero attached hydrogens (tertiary/aromatic N) is 2. The Morgan fingerprint density at radius 3 is 2.38 bits per heavy atom. The number of sulfonamides is 1. The number of halogens is 1. The Balaban J connectivity index is 2.64. The zero-order chi connectivity index (χ0) is 19.5. The molecule has 10 heteroatoms. The molecule has 0 radical (unpaired) electrons. The quantitative estimate of drug-likeness (QED) is 0.420. The Labute approximate surface area is 155 Å². The zero-order valence-electron chi connectivity index (χ0n) is 13.9. The van der Waals surface area contributed by atoms with Crippen LogP contribution in [-0.4, -0.2) is 33.0 Å². The van der Waals surface area contributed by atoms with Crippen molar-refractivity contribution < 1.29 is 22.9 Å². The third-order valence-electron chi connectivity index (χ3n) is 3.52. The monoisotopic (exact) mass is 398 g/mol. The first-order valence-corrected chi connectivity index (χ1v) is 9.09. The molecule has 138 valence electrons. The minimum Gasteiger partial charge on any atom is -0.468 e. The average Bonchev–Trinajstić information content (AvgIpc) is 2.60. The molecule has 2 rings (SSSR count). The molecule has 0 aliphatic carbocycles. The van der Waals surface area contributed by atoms with Crippen LogP contribution in [-0.2, 0) is 19.6 Å². The lowest BCUT2D eigenvalue weighted by Crippen LogP contribution is -2.36. The van der Waals surface area contributed by atoms with Gasteiger partial charge in [0.1, 0.15) is 6.54 Å². The maximum Gasteiger partial charge on any atom is 0.326 e. The van der Waals surface area contributed by atoms with E-state index in [1.165, 1.54) is 18.2 Å². The molecule has 0 N–H and O–H groups in total. The number of non-ortho nitro benzene ring substituents is 1. The van der Waals surface area contributed by atoms with Gasteiger partial charge in [0.15, 0.2) is 0 Å². The first-order chi connectivity index (χ1) is 12.2. The van der Waals surface area contributed by atoms with Crippen molar-refractivity contribution >= 4 is 39.0 Å². The smallest absolute Gasteiger partial charge is 0.326 e. The van der Waals surface area contributed by atoms with E-state index in [0.717, 1.165) is 24.8 Å². The lowest BCUT2D eigenvalue weighted by molar-refractivity contribution is -0.384. The summed E-state index contributed by atoms with van der Waals surface area (Å²) in [6, 6.07) is 9.28. The van der Waals surface area contributed by atoms with Gasteiger partial charge in [0, 0.05) is 12.1 Å². The summed E-state index contributed by atoms with van der Waals surface area (Å²) in [6.45, 7) is 1.10. The predicted octanol–water partition coefficient (Wildman–Crippen LogP) is 2.92. The number of ether oxygens (including phenoxy) is 1. The summed E-state index contributed by atoms with van der Waals surface area (Å²) in [5.74, 6) is -0.844. The number of hydrogen-bond donors (Lipinski definition) is 0. The Kier molecular flexibility index (Phi) is 5.83. The Morgan fingerprint density at radius 1 is 1.23 bits per heavy atom. The highest BCUT2D eigenvalue weighted by Gasteiger charge is 2.30. The van der Waals surface area contributed by atoms with Gasteiger partial charge >= 0.3 is 5.97 Å². The normalized spacial score (nSPS) is 11.0. The van der Waals surface area contributed by atoms with Crippen molar-refractivity contribution in [2.45, 2.75) is 11.8 Å². The van der Waals surface area contributed by atoms with Crippen molar-refractivity contribution in [3.8, 4) is 0 Å². The minimum absolute atomic E-state index is 0.0600. The number of hydrogen-bond acceptors (Lipinski definition) is 6. The van der Waals surface area contributed by atoms with E-state index in [2.05, 4.69) is 4.74 Å². The van der Waals surface area contributed by atoms with Gasteiger partial charge in [0.05, 0.1) is 27.6 Å². The van der Waals surface area contributed by atoms with Gasteiger partial charge in [-0.3, -0.25) is 19.2 Å². The van der Waals surface area contributed by atoms with E-state index in [4.69, 9.17) is 11.6 Å².